The number of rotatable bonds is 6. The van der Waals surface area contributed by atoms with Crippen LogP contribution in [0.5, 0.6) is 5.75 Å². The molecule has 4 heteroatoms. The van der Waals surface area contributed by atoms with Crippen molar-refractivity contribution in [2.45, 2.75) is 6.61 Å². The maximum Gasteiger partial charge on any atom is 0.121 e. The van der Waals surface area contributed by atoms with Gasteiger partial charge in [-0.2, -0.15) is 0 Å². The topological polar surface area (TPSA) is 18.5 Å². The Kier molecular flexibility index (Phi) is 9.76. The van der Waals surface area contributed by atoms with Crippen LogP contribution in [0, 0.1) is 0 Å². The number of benzene rings is 2. The van der Waals surface area contributed by atoms with Gasteiger partial charge in [-0.3, -0.25) is 0 Å². The Hall–Kier alpha value is -1.22. The summed E-state index contributed by atoms with van der Waals surface area (Å²) < 4.78 is 10.2. The van der Waals surface area contributed by atoms with Gasteiger partial charge >= 0.3 is 0 Å². The van der Waals surface area contributed by atoms with Crippen molar-refractivity contribution in [1.82, 2.24) is 0 Å². The van der Waals surface area contributed by atoms with Gasteiger partial charge in [0.25, 0.3) is 0 Å². The third kappa shape index (κ3) is 8.05. The van der Waals surface area contributed by atoms with Crippen LogP contribution in [0.1, 0.15) is 5.56 Å². The van der Waals surface area contributed by atoms with Gasteiger partial charge in [-0.05, 0) is 17.7 Å². The summed E-state index contributed by atoms with van der Waals surface area (Å²) in [4.78, 5) is 0. The van der Waals surface area contributed by atoms with Crippen LogP contribution in [0.25, 0.3) is 0 Å². The predicted octanol–water partition coefficient (Wildman–Crippen LogP) is 4.70. The molecule has 108 valence electrons. The lowest BCUT2D eigenvalue weighted by Gasteiger charge is -2.00. The minimum atomic E-state index is 0.259. The van der Waals surface area contributed by atoms with E-state index in [4.69, 9.17) is 32.7 Å². The van der Waals surface area contributed by atoms with Crippen LogP contribution < -0.4 is 4.74 Å². The average Bonchev–Trinajstić information content (AvgIpc) is 2.53. The van der Waals surface area contributed by atoms with Gasteiger partial charge in [-0.25, -0.2) is 0 Å². The molecule has 2 nitrogen and oxygen atoms in total. The Morgan fingerprint density at radius 3 is 1.95 bits per heavy atom. The Bertz CT molecular complexity index is 391. The predicted molar refractivity (Wildman–Crippen MR) is 84.6 cm³/mol. The van der Waals surface area contributed by atoms with Crippen molar-refractivity contribution in [2.75, 3.05) is 18.6 Å². The van der Waals surface area contributed by atoms with Crippen LogP contribution in [0.3, 0.4) is 0 Å². The molecule has 0 amide bonds. The summed E-state index contributed by atoms with van der Waals surface area (Å²) in [6, 6.07) is 19.8. The highest BCUT2D eigenvalue weighted by molar-refractivity contribution is 6.18. The van der Waals surface area contributed by atoms with Crippen LogP contribution in [-0.2, 0) is 11.3 Å². The molecule has 0 N–H and O–H groups in total. The van der Waals surface area contributed by atoms with Gasteiger partial charge in [-0.15, -0.1) is 11.6 Å². The lowest BCUT2D eigenvalue weighted by molar-refractivity contribution is 0.165. The van der Waals surface area contributed by atoms with Crippen LogP contribution in [0.15, 0.2) is 60.7 Å². The van der Waals surface area contributed by atoms with Gasteiger partial charge in [-0.1, -0.05) is 60.1 Å². The molecule has 0 aliphatic carbocycles. The normalized spacial score (nSPS) is 9.50. The van der Waals surface area contributed by atoms with Crippen LogP contribution >= 0.6 is 23.2 Å². The highest BCUT2D eigenvalue weighted by Crippen LogP contribution is 2.07. The van der Waals surface area contributed by atoms with E-state index < -0.39 is 0 Å². The molecule has 0 radical (unpaired) electrons. The van der Waals surface area contributed by atoms with E-state index in [0.29, 0.717) is 19.1 Å². The second-order valence-corrected chi connectivity index (χ2v) is 4.39. The van der Waals surface area contributed by atoms with Gasteiger partial charge in [0.05, 0.1) is 12.5 Å². The van der Waals surface area contributed by atoms with Crippen LogP contribution in [0.2, 0.25) is 0 Å². The molecule has 2 aromatic rings. The summed E-state index contributed by atoms with van der Waals surface area (Å²) in [6.45, 7) is 1.18. The maximum absolute atomic E-state index is 5.43. The molecule has 0 aliphatic rings. The zero-order valence-electron chi connectivity index (χ0n) is 11.2. The molecule has 0 bridgehead atoms. The van der Waals surface area contributed by atoms with Crippen molar-refractivity contribution in [3.8, 4) is 5.75 Å². The fraction of sp³-hybridized carbons (Fsp3) is 0.250. The van der Waals surface area contributed by atoms with Crippen molar-refractivity contribution in [3.05, 3.63) is 66.2 Å². The zero-order valence-corrected chi connectivity index (χ0v) is 12.7. The SMILES string of the molecule is ClCCOc1ccccc1.ClCOCc1ccccc1. The number of alkyl halides is 2. The van der Waals surface area contributed by atoms with Gasteiger partial charge in [0.2, 0.25) is 0 Å². The Morgan fingerprint density at radius 1 is 0.800 bits per heavy atom. The number of hydrogen-bond acceptors (Lipinski definition) is 2. The van der Waals surface area contributed by atoms with Gasteiger partial charge in [0, 0.05) is 0 Å². The number of ether oxygens (including phenoxy) is 2. The van der Waals surface area contributed by atoms with Crippen LogP contribution in [-0.4, -0.2) is 18.6 Å². The molecule has 0 aliphatic heterocycles. The standard InChI is InChI=1S/2C8H9ClO/c9-7-10-6-8-4-2-1-3-5-8;9-6-7-10-8-4-2-1-3-5-8/h2*1-5H,6-7H2. The van der Waals surface area contributed by atoms with E-state index in [1.165, 1.54) is 0 Å². The fourth-order valence-electron chi connectivity index (χ4n) is 1.40. The summed E-state index contributed by atoms with van der Waals surface area (Å²) in [5.41, 5.74) is 1.16. The quantitative estimate of drug-likeness (QED) is 0.719. The third-order valence-corrected chi connectivity index (χ3v) is 2.59. The summed E-state index contributed by atoms with van der Waals surface area (Å²) in [7, 11) is 0. The Labute approximate surface area is 130 Å². The first-order valence-electron chi connectivity index (χ1n) is 6.28. The first-order valence-corrected chi connectivity index (χ1v) is 7.35. The minimum absolute atomic E-state index is 0.259. The van der Waals surface area contributed by atoms with Gasteiger partial charge in [0.1, 0.15) is 18.4 Å². The highest BCUT2D eigenvalue weighted by Gasteiger charge is 1.88. The zero-order chi connectivity index (χ0) is 14.5. The molecule has 0 atom stereocenters. The van der Waals surface area contributed by atoms with E-state index in [1.54, 1.807) is 0 Å². The van der Waals surface area contributed by atoms with Gasteiger partial charge < -0.3 is 9.47 Å². The molecule has 20 heavy (non-hydrogen) atoms. The van der Waals surface area contributed by atoms with E-state index in [2.05, 4.69) is 0 Å². The fourth-order valence-corrected chi connectivity index (χ4v) is 1.56. The minimum Gasteiger partial charge on any atom is -0.492 e. The van der Waals surface area contributed by atoms with E-state index in [9.17, 15) is 0 Å². The van der Waals surface area contributed by atoms with Crippen molar-refractivity contribution >= 4 is 23.2 Å². The highest BCUT2D eigenvalue weighted by atomic mass is 35.5. The van der Waals surface area contributed by atoms with Crippen LogP contribution in [0.4, 0.5) is 0 Å². The monoisotopic (exact) mass is 312 g/mol. The van der Waals surface area contributed by atoms with Gasteiger partial charge in [0.15, 0.2) is 0 Å². The molecular formula is C16H18Cl2O2. The molecule has 0 fully saturated rings. The second kappa shape index (κ2) is 11.6. The summed E-state index contributed by atoms with van der Waals surface area (Å²) in [5, 5.41) is 0. The van der Waals surface area contributed by atoms with Crippen molar-refractivity contribution in [3.63, 3.8) is 0 Å². The van der Waals surface area contributed by atoms with E-state index in [-0.39, 0.29) is 6.07 Å². The Balaban J connectivity index is 0.000000200. The van der Waals surface area contributed by atoms with E-state index in [1.807, 2.05) is 60.7 Å². The largest absolute Gasteiger partial charge is 0.492 e. The summed E-state index contributed by atoms with van der Waals surface area (Å²) in [6.07, 6.45) is 0. The first kappa shape index (κ1) is 16.8. The average molecular weight is 313 g/mol. The lowest BCUT2D eigenvalue weighted by atomic mass is 10.2. The molecule has 0 saturated carbocycles. The second-order valence-electron chi connectivity index (χ2n) is 3.79. The molecule has 0 heterocycles. The molecular weight excluding hydrogens is 295 g/mol. The lowest BCUT2D eigenvalue weighted by Crippen LogP contribution is -1.96. The molecule has 0 spiro atoms. The smallest absolute Gasteiger partial charge is 0.121 e. The number of para-hydroxylation sites is 1. The van der Waals surface area contributed by atoms with E-state index in [0.717, 1.165) is 11.3 Å². The van der Waals surface area contributed by atoms with Crippen molar-refractivity contribution in [2.24, 2.45) is 0 Å². The van der Waals surface area contributed by atoms with Crippen molar-refractivity contribution < 1.29 is 9.47 Å². The summed E-state index contributed by atoms with van der Waals surface area (Å²) in [5.74, 6) is 1.41. The molecule has 0 aromatic heterocycles. The van der Waals surface area contributed by atoms with Crippen molar-refractivity contribution in [1.29, 1.82) is 0 Å². The number of hydrogen-bond donors (Lipinski definition) is 0. The Morgan fingerprint density at radius 2 is 1.40 bits per heavy atom. The summed E-state index contributed by atoms with van der Waals surface area (Å²) >= 11 is 10.8. The van der Waals surface area contributed by atoms with E-state index >= 15 is 0 Å². The molecule has 2 rings (SSSR count). The number of halogens is 2. The first-order chi connectivity index (χ1) is 9.86. The molecule has 0 unspecified atom stereocenters. The maximum atomic E-state index is 5.43. The molecule has 2 aromatic carbocycles. The third-order valence-electron chi connectivity index (χ3n) is 2.28. The molecule has 0 saturated heterocycles.